The number of hydrogen-bond donors (Lipinski definition) is 3. The Labute approximate surface area is 339 Å². The van der Waals surface area contributed by atoms with Crippen molar-refractivity contribution in [3.8, 4) is 11.5 Å². The first-order chi connectivity index (χ1) is 26.8. The van der Waals surface area contributed by atoms with Gasteiger partial charge in [0.05, 0.1) is 41.6 Å². The van der Waals surface area contributed by atoms with Crippen molar-refractivity contribution >= 4 is 105 Å². The van der Waals surface area contributed by atoms with Gasteiger partial charge in [0.2, 0.25) is 5.91 Å². The fourth-order valence-corrected chi connectivity index (χ4v) is 8.64. The summed E-state index contributed by atoms with van der Waals surface area (Å²) in [6.45, 7) is 6.49. The highest BCUT2D eigenvalue weighted by atomic mass is 32.8. The second-order valence-electron chi connectivity index (χ2n) is 14.0. The number of para-hydroxylation sites is 1. The number of aromatic nitrogens is 1. The molecule has 0 radical (unpaired) electrons. The molecule has 12 nitrogen and oxygen atoms in total. The number of aryl methyl sites for hydroxylation is 1. The number of aliphatic imine (C=N–C) groups is 1. The molecule has 16 heteroatoms. The van der Waals surface area contributed by atoms with Gasteiger partial charge in [0.15, 0.2) is 16.6 Å². The number of ether oxygens (including phenoxy) is 2. The lowest BCUT2D eigenvalue weighted by molar-refractivity contribution is -0.116. The van der Waals surface area contributed by atoms with E-state index in [2.05, 4.69) is 25.9 Å². The average Bonchev–Trinajstić information content (AvgIpc) is 3.86. The molecule has 2 atom stereocenters. The number of thiophene rings is 1. The quantitative estimate of drug-likeness (QED) is 0.105. The van der Waals surface area contributed by atoms with Gasteiger partial charge in [-0.1, -0.05) is 40.7 Å². The van der Waals surface area contributed by atoms with Gasteiger partial charge in [-0.05, 0) is 80.8 Å². The molecule has 0 bridgehead atoms. The number of rotatable bonds is 13. The van der Waals surface area contributed by atoms with Crippen LogP contribution < -0.4 is 30.3 Å². The number of methoxy groups -OCH3 is 1. The standard InChI is InChI=1S/C40H40N6O6S4/c1-22-35(37(49)44-25-12-13-32-24(15-25)17-33(54-32)36(48)42-21-40(2,3)56(5)53)55-39(43-22)45-34(47)11-8-14-52-31-19-28-27(18-30(31)51-4)38(50)46-26(20-41-28)16-23-9-6-7-10-29(23)46/h6-7,9-10,12-13,15,17-20,26H,8,11,14,16,21H2,1-5H3,(H,42,48)(H,44,49)(H,43,45,47)/t26-,56?/m0/s1. The Morgan fingerprint density at radius 3 is 2.62 bits per heavy atom. The van der Waals surface area contributed by atoms with E-state index in [1.807, 2.05) is 62.6 Å². The summed E-state index contributed by atoms with van der Waals surface area (Å²) in [6, 6.07) is 18.4. The van der Waals surface area contributed by atoms with Crippen LogP contribution in [-0.4, -0.2) is 72.1 Å². The number of anilines is 3. The second-order valence-corrected chi connectivity index (χ2v) is 19.6. The third-order valence-corrected chi connectivity index (χ3v) is 14.9. The van der Waals surface area contributed by atoms with Gasteiger partial charge in [0.1, 0.15) is 4.88 Å². The lowest BCUT2D eigenvalue weighted by Gasteiger charge is -2.24. The average molecular weight is 829 g/mol. The molecule has 1 unspecified atom stereocenters. The summed E-state index contributed by atoms with van der Waals surface area (Å²) in [5.74, 6) is -0.111. The van der Waals surface area contributed by atoms with Crippen LogP contribution in [0.3, 0.4) is 0 Å². The Bertz CT molecular complexity index is 2440. The molecule has 0 saturated heterocycles. The highest BCUT2D eigenvalue weighted by molar-refractivity contribution is 8.29. The van der Waals surface area contributed by atoms with Crippen molar-refractivity contribution in [3.05, 3.63) is 87.2 Å². The van der Waals surface area contributed by atoms with Gasteiger partial charge in [-0.15, -0.1) is 20.8 Å². The topological polar surface area (TPSA) is 151 Å². The SMILES string of the molecule is COc1cc2c(cc1OCCCC(=O)Nc1nc(C)c(C(=O)Nc3ccc4sc(C(=O)NCC(C)(C)S(C)=S)cc4c3)s1)N=C[C@@H]1Cc3ccccc3N1C2=O. The largest absolute Gasteiger partial charge is 0.493 e. The first kappa shape index (κ1) is 39.2. The van der Waals surface area contributed by atoms with Gasteiger partial charge in [-0.25, -0.2) is 4.98 Å². The fourth-order valence-electron chi connectivity index (χ4n) is 6.35. The van der Waals surface area contributed by atoms with Crippen LogP contribution in [0.4, 0.5) is 22.2 Å². The van der Waals surface area contributed by atoms with E-state index in [-0.39, 0.29) is 56.9 Å². The third kappa shape index (κ3) is 8.24. The van der Waals surface area contributed by atoms with Crippen LogP contribution >= 0.6 is 22.7 Å². The van der Waals surface area contributed by atoms with Gasteiger partial charge in [0.25, 0.3) is 17.7 Å². The van der Waals surface area contributed by atoms with Gasteiger partial charge < -0.3 is 25.4 Å². The van der Waals surface area contributed by atoms with E-state index in [4.69, 9.17) is 20.7 Å². The van der Waals surface area contributed by atoms with Gasteiger partial charge in [-0.3, -0.25) is 29.1 Å². The monoisotopic (exact) mass is 828 g/mol. The number of nitrogens with zero attached hydrogens (tertiary/aromatic N) is 3. The summed E-state index contributed by atoms with van der Waals surface area (Å²) in [5.41, 5.74) is 3.97. The number of carbonyl (C=O) groups is 4. The van der Waals surface area contributed by atoms with Crippen molar-refractivity contribution in [2.75, 3.05) is 42.1 Å². The molecule has 4 heterocycles. The van der Waals surface area contributed by atoms with E-state index in [0.717, 1.165) is 32.7 Å². The van der Waals surface area contributed by atoms with Crippen molar-refractivity contribution < 1.29 is 28.7 Å². The van der Waals surface area contributed by atoms with Crippen LogP contribution in [0.2, 0.25) is 0 Å². The minimum Gasteiger partial charge on any atom is -0.493 e. The predicted molar refractivity (Wildman–Crippen MR) is 229 cm³/mol. The van der Waals surface area contributed by atoms with Crippen molar-refractivity contribution in [1.29, 1.82) is 0 Å². The molecule has 56 heavy (non-hydrogen) atoms. The second kappa shape index (κ2) is 16.2. The van der Waals surface area contributed by atoms with Crippen LogP contribution in [-0.2, 0) is 31.9 Å². The van der Waals surface area contributed by atoms with Crippen LogP contribution in [0, 0.1) is 6.92 Å². The highest BCUT2D eigenvalue weighted by Crippen LogP contribution is 2.41. The molecule has 7 rings (SSSR count). The Kier molecular flexibility index (Phi) is 11.4. The fraction of sp³-hybridized carbons (Fsp3) is 0.300. The lowest BCUT2D eigenvalue weighted by Crippen LogP contribution is -2.40. The molecule has 2 aliphatic heterocycles. The molecule has 3 aromatic carbocycles. The first-order valence-electron chi connectivity index (χ1n) is 17.9. The third-order valence-electron chi connectivity index (χ3n) is 9.63. The maximum atomic E-state index is 13.7. The first-order valence-corrected chi connectivity index (χ1v) is 22.0. The van der Waals surface area contributed by atoms with Crippen LogP contribution in [0.15, 0.2) is 65.7 Å². The number of hydrogen-bond acceptors (Lipinski definition) is 11. The van der Waals surface area contributed by atoms with E-state index < -0.39 is 0 Å². The molecule has 3 N–H and O–H groups in total. The van der Waals surface area contributed by atoms with Gasteiger partial charge >= 0.3 is 0 Å². The van der Waals surface area contributed by atoms with Crippen molar-refractivity contribution in [2.24, 2.45) is 4.99 Å². The number of carbonyl (C=O) groups excluding carboxylic acids is 4. The molecular formula is C40H40N6O6S4. The summed E-state index contributed by atoms with van der Waals surface area (Å²) in [5, 5.41) is 9.86. The molecule has 290 valence electrons. The number of fused-ring (bicyclic) bond motifs is 5. The lowest BCUT2D eigenvalue weighted by atomic mass is 10.1. The summed E-state index contributed by atoms with van der Waals surface area (Å²) in [7, 11) is 1.24. The Balaban J connectivity index is 0.915. The molecule has 4 amide bonds. The van der Waals surface area contributed by atoms with Crippen molar-refractivity contribution in [1.82, 2.24) is 10.3 Å². The van der Waals surface area contributed by atoms with Gasteiger partial charge in [0, 0.05) is 52.5 Å². The molecule has 5 aromatic rings. The van der Waals surface area contributed by atoms with Crippen molar-refractivity contribution in [3.63, 3.8) is 0 Å². The van der Waals surface area contributed by atoms with Crippen LogP contribution in [0.25, 0.3) is 10.1 Å². The Hall–Kier alpha value is -5.03. The van der Waals surface area contributed by atoms with Gasteiger partial charge in [-0.2, -0.15) is 0 Å². The van der Waals surface area contributed by atoms with Crippen LogP contribution in [0.1, 0.15) is 67.6 Å². The molecule has 0 spiro atoms. The van der Waals surface area contributed by atoms with E-state index in [1.165, 1.54) is 18.4 Å². The summed E-state index contributed by atoms with van der Waals surface area (Å²) in [4.78, 5) is 64.4. The smallest absolute Gasteiger partial charge is 0.267 e. The number of thiazole rings is 1. The predicted octanol–water partition coefficient (Wildman–Crippen LogP) is 7.23. The minimum absolute atomic E-state index is 0.145. The maximum Gasteiger partial charge on any atom is 0.267 e. The molecule has 2 aromatic heterocycles. The van der Waals surface area contributed by atoms with Crippen LogP contribution in [0.5, 0.6) is 11.5 Å². The van der Waals surface area contributed by atoms with Crippen molar-refractivity contribution in [2.45, 2.75) is 50.8 Å². The zero-order valence-electron chi connectivity index (χ0n) is 31.4. The molecular weight excluding hydrogens is 789 g/mol. The number of amides is 4. The number of benzene rings is 3. The Morgan fingerprint density at radius 1 is 1.04 bits per heavy atom. The molecule has 2 aliphatic rings. The highest BCUT2D eigenvalue weighted by Gasteiger charge is 2.36. The minimum atomic E-state index is -0.353. The molecule has 0 saturated carbocycles. The Morgan fingerprint density at radius 2 is 1.84 bits per heavy atom. The zero-order valence-corrected chi connectivity index (χ0v) is 34.7. The van der Waals surface area contributed by atoms with E-state index in [1.54, 1.807) is 36.2 Å². The van der Waals surface area contributed by atoms with E-state index in [9.17, 15) is 19.2 Å². The summed E-state index contributed by atoms with van der Waals surface area (Å²) in [6.07, 6.45) is 5.02. The molecule has 0 aliphatic carbocycles. The summed E-state index contributed by atoms with van der Waals surface area (Å²) < 4.78 is 12.3. The van der Waals surface area contributed by atoms with E-state index >= 15 is 0 Å². The normalized spacial score (nSPS) is 15.1. The zero-order chi connectivity index (χ0) is 39.7. The molecule has 0 fully saturated rings. The maximum absolute atomic E-state index is 13.7. The summed E-state index contributed by atoms with van der Waals surface area (Å²) >= 11 is 7.90. The van der Waals surface area contributed by atoms with E-state index in [0.29, 0.717) is 68.4 Å². The number of nitrogens with one attached hydrogen (secondary N) is 3.